The van der Waals surface area contributed by atoms with Gasteiger partial charge in [0.2, 0.25) is 5.56 Å². The standard InChI is InChI=1S/C42H46N4O8S/c47-34-13-11-32(33-12-14-38(49)44-40(33)34)35(48)23-43-17-4-5-20-52-41(50)37-21-27(26-55-37)25-53-31-10-6-9-30(22-31)39(29-7-2-1-3-8-29)45-42(51)54-36-24-46-18-15-28(36)16-19-46/h1-3,6-14,21-22,26,28,35-36,39,43,47-48H,4-5,15-20,23-25H2,(H,44,49)(H,45,51)/t35?,36-,39?/m0/s1. The smallest absolute Gasteiger partial charge is 0.408 e. The fraction of sp³-hybridized carbons (Fsp3) is 0.357. The van der Waals surface area contributed by atoms with Gasteiger partial charge in [0.25, 0.3) is 0 Å². The number of phenols is 1. The number of unbranched alkanes of at least 4 members (excludes halogenated alkanes) is 1. The molecule has 5 heterocycles. The number of amides is 1. The Morgan fingerprint density at radius 2 is 1.78 bits per heavy atom. The lowest BCUT2D eigenvalue weighted by Gasteiger charge is -2.43. The van der Waals surface area contributed by atoms with Gasteiger partial charge in [0.1, 0.15) is 29.1 Å². The Labute approximate surface area is 323 Å². The number of ether oxygens (including phenoxy) is 3. The fourth-order valence-electron chi connectivity index (χ4n) is 7.33. The average Bonchev–Trinajstić information content (AvgIpc) is 3.69. The van der Waals surface area contributed by atoms with Crippen LogP contribution in [0.3, 0.4) is 0 Å². The number of carbonyl (C=O) groups is 2. The van der Waals surface area contributed by atoms with Gasteiger partial charge in [-0.2, -0.15) is 0 Å². The zero-order valence-electron chi connectivity index (χ0n) is 30.4. The molecule has 0 saturated carbocycles. The van der Waals surface area contributed by atoms with Crippen LogP contribution < -0.4 is 20.9 Å². The molecule has 1 amide bonds. The molecule has 0 radical (unpaired) electrons. The van der Waals surface area contributed by atoms with E-state index in [0.29, 0.717) is 46.0 Å². The van der Waals surface area contributed by atoms with E-state index in [1.807, 2.05) is 60.0 Å². The SMILES string of the molecule is O=C(NC(c1ccccc1)c1cccc(OCc2csc(C(=O)OCCCCNCC(O)c3ccc(O)c4[nH]c(=O)ccc34)c2)c1)O[C@H]1CN2CCC1CC2. The number of carbonyl (C=O) groups excluding carboxylic acids is 2. The molecule has 3 fully saturated rings. The van der Waals surface area contributed by atoms with Crippen molar-refractivity contribution in [3.05, 3.63) is 128 Å². The number of thiophene rings is 1. The third-order valence-corrected chi connectivity index (χ3v) is 11.2. The molecule has 288 valence electrons. The van der Waals surface area contributed by atoms with Crippen LogP contribution in [0.1, 0.15) is 69.8 Å². The first-order valence-electron chi connectivity index (χ1n) is 18.8. The van der Waals surface area contributed by atoms with E-state index in [0.717, 1.165) is 55.6 Å². The van der Waals surface area contributed by atoms with Crippen molar-refractivity contribution in [2.45, 2.75) is 50.5 Å². The number of nitrogens with zero attached hydrogens (tertiary/aromatic N) is 1. The topological polar surface area (TPSA) is 162 Å². The van der Waals surface area contributed by atoms with Crippen LogP contribution in [0.2, 0.25) is 0 Å². The normalized spacial score (nSPS) is 18.7. The molecule has 3 aromatic carbocycles. The first-order valence-corrected chi connectivity index (χ1v) is 19.6. The number of hydrogen-bond acceptors (Lipinski definition) is 11. The van der Waals surface area contributed by atoms with Crippen molar-refractivity contribution in [1.29, 1.82) is 0 Å². The predicted molar refractivity (Wildman–Crippen MR) is 210 cm³/mol. The number of fused-ring (bicyclic) bond motifs is 4. The van der Waals surface area contributed by atoms with Gasteiger partial charge in [-0.3, -0.25) is 9.69 Å². The van der Waals surface area contributed by atoms with Gasteiger partial charge in [0.05, 0.1) is 24.3 Å². The summed E-state index contributed by atoms with van der Waals surface area (Å²) in [5, 5.41) is 29.6. The molecular formula is C42H46N4O8S. The number of pyridine rings is 1. The van der Waals surface area contributed by atoms with E-state index in [1.54, 1.807) is 18.2 Å². The summed E-state index contributed by atoms with van der Waals surface area (Å²) in [5.41, 5.74) is 3.20. The Bertz CT molecular complexity index is 2130. The van der Waals surface area contributed by atoms with Crippen LogP contribution in [0.25, 0.3) is 10.9 Å². The molecule has 12 nitrogen and oxygen atoms in total. The highest BCUT2D eigenvalue weighted by atomic mass is 32.1. The number of aliphatic hydroxyl groups excluding tert-OH is 1. The third-order valence-electron chi connectivity index (χ3n) is 10.3. The van der Waals surface area contributed by atoms with Gasteiger partial charge >= 0.3 is 12.1 Å². The van der Waals surface area contributed by atoms with Crippen LogP contribution in [0.4, 0.5) is 4.79 Å². The molecule has 0 aliphatic carbocycles. The quantitative estimate of drug-likeness (QED) is 0.0591. The van der Waals surface area contributed by atoms with Crippen LogP contribution >= 0.6 is 11.3 Å². The number of phenolic OH excluding ortho intramolecular Hbond substituents is 1. The van der Waals surface area contributed by atoms with Crippen molar-refractivity contribution in [2.75, 3.05) is 39.3 Å². The van der Waals surface area contributed by atoms with Crippen molar-refractivity contribution in [2.24, 2.45) is 5.92 Å². The summed E-state index contributed by atoms with van der Waals surface area (Å²) in [5.74, 6) is 0.609. The number of alkyl carbamates (subject to hydrolysis) is 1. The van der Waals surface area contributed by atoms with Gasteiger partial charge in [-0.05, 0) is 104 Å². The first kappa shape index (κ1) is 38.1. The molecule has 55 heavy (non-hydrogen) atoms. The summed E-state index contributed by atoms with van der Waals surface area (Å²) in [6, 6.07) is 24.8. The molecule has 2 unspecified atom stereocenters. The maximum absolute atomic E-state index is 13.2. The van der Waals surface area contributed by atoms with Gasteiger partial charge in [0.15, 0.2) is 0 Å². The highest BCUT2D eigenvalue weighted by Gasteiger charge is 2.37. The van der Waals surface area contributed by atoms with E-state index in [2.05, 4.69) is 20.5 Å². The Kier molecular flexibility index (Phi) is 12.4. The van der Waals surface area contributed by atoms with Crippen molar-refractivity contribution in [1.82, 2.24) is 20.5 Å². The Morgan fingerprint density at radius 3 is 2.58 bits per heavy atom. The summed E-state index contributed by atoms with van der Waals surface area (Å²) in [7, 11) is 0. The number of aliphatic hydroxyl groups is 1. The number of aromatic amines is 1. The van der Waals surface area contributed by atoms with Crippen molar-refractivity contribution in [3.63, 3.8) is 0 Å². The van der Waals surface area contributed by atoms with Gasteiger partial charge < -0.3 is 40.0 Å². The number of aromatic hydroxyl groups is 1. The summed E-state index contributed by atoms with van der Waals surface area (Å²) < 4.78 is 17.6. The number of esters is 1. The summed E-state index contributed by atoms with van der Waals surface area (Å²) in [6.45, 7) is 4.35. The summed E-state index contributed by atoms with van der Waals surface area (Å²) in [4.78, 5) is 43.0. The molecule has 3 aliphatic rings. The first-order chi connectivity index (χ1) is 26.8. The van der Waals surface area contributed by atoms with Crippen molar-refractivity contribution in [3.8, 4) is 11.5 Å². The lowest BCUT2D eigenvalue weighted by atomic mass is 9.86. The van der Waals surface area contributed by atoms with E-state index in [1.165, 1.54) is 23.5 Å². The molecule has 2 bridgehead atoms. The second-order valence-corrected chi connectivity index (χ2v) is 15.0. The largest absolute Gasteiger partial charge is 0.506 e. The van der Waals surface area contributed by atoms with Gasteiger partial charge in [-0.25, -0.2) is 9.59 Å². The minimum atomic E-state index is -0.841. The highest BCUT2D eigenvalue weighted by molar-refractivity contribution is 7.12. The fourth-order valence-corrected chi connectivity index (χ4v) is 8.12. The van der Waals surface area contributed by atoms with E-state index >= 15 is 0 Å². The van der Waals surface area contributed by atoms with Gasteiger partial charge in [-0.15, -0.1) is 11.3 Å². The van der Waals surface area contributed by atoms with Crippen LogP contribution in [0, 0.1) is 5.92 Å². The molecule has 0 spiro atoms. The van der Waals surface area contributed by atoms with Crippen LogP contribution in [-0.4, -0.2) is 77.6 Å². The Morgan fingerprint density at radius 1 is 0.964 bits per heavy atom. The average molecular weight is 767 g/mol. The minimum absolute atomic E-state index is 0.0540. The zero-order valence-corrected chi connectivity index (χ0v) is 31.3. The minimum Gasteiger partial charge on any atom is -0.506 e. The lowest BCUT2D eigenvalue weighted by molar-refractivity contribution is -0.0336. The lowest BCUT2D eigenvalue weighted by Crippen LogP contribution is -2.52. The number of aromatic nitrogens is 1. The number of nitrogens with one attached hydrogen (secondary N) is 3. The maximum atomic E-state index is 13.2. The molecule has 13 heteroatoms. The third kappa shape index (κ3) is 9.73. The molecule has 5 N–H and O–H groups in total. The number of rotatable bonds is 16. The molecule has 3 saturated heterocycles. The molecular weight excluding hydrogens is 721 g/mol. The second kappa shape index (κ2) is 17.9. The molecule has 2 aromatic heterocycles. The number of hydrogen-bond donors (Lipinski definition) is 5. The van der Waals surface area contributed by atoms with Gasteiger partial charge in [0, 0.05) is 30.1 Å². The Hall–Kier alpha value is -5.21. The van der Waals surface area contributed by atoms with Crippen LogP contribution in [0.15, 0.2) is 95.1 Å². The molecule has 8 rings (SSSR count). The van der Waals surface area contributed by atoms with Crippen molar-refractivity contribution < 1.29 is 34.0 Å². The van der Waals surface area contributed by atoms with Gasteiger partial charge in [-0.1, -0.05) is 48.5 Å². The summed E-state index contributed by atoms with van der Waals surface area (Å²) in [6.07, 6.45) is 2.15. The monoisotopic (exact) mass is 766 g/mol. The maximum Gasteiger partial charge on any atom is 0.408 e. The van der Waals surface area contributed by atoms with Crippen molar-refractivity contribution >= 4 is 34.3 Å². The predicted octanol–water partition coefficient (Wildman–Crippen LogP) is 6.04. The van der Waals surface area contributed by atoms with Crippen LogP contribution in [0.5, 0.6) is 11.5 Å². The van der Waals surface area contributed by atoms with E-state index in [9.17, 15) is 24.6 Å². The number of benzene rings is 3. The second-order valence-electron chi connectivity index (χ2n) is 14.1. The van der Waals surface area contributed by atoms with E-state index in [4.69, 9.17) is 14.2 Å². The number of piperidine rings is 3. The van der Waals surface area contributed by atoms with E-state index in [-0.39, 0.29) is 43.1 Å². The van der Waals surface area contributed by atoms with Crippen LogP contribution in [-0.2, 0) is 16.1 Å². The zero-order chi connectivity index (χ0) is 38.1. The molecule has 3 aliphatic heterocycles. The number of H-pyrrole nitrogens is 1. The highest BCUT2D eigenvalue weighted by Crippen LogP contribution is 2.31. The molecule has 5 aromatic rings. The molecule has 3 atom stereocenters. The Balaban J connectivity index is 0.849. The summed E-state index contributed by atoms with van der Waals surface area (Å²) >= 11 is 1.30. The van der Waals surface area contributed by atoms with E-state index < -0.39 is 18.2 Å².